The lowest BCUT2D eigenvalue weighted by atomic mass is 9.94. The Kier molecular flexibility index (Phi) is 8.22. The third-order valence-electron chi connectivity index (χ3n) is 4.30. The maximum atomic E-state index is 11.3. The minimum absolute atomic E-state index is 0.384. The van der Waals surface area contributed by atoms with E-state index in [2.05, 4.69) is 10.2 Å². The fourth-order valence-electron chi connectivity index (χ4n) is 3.06. The van der Waals surface area contributed by atoms with Crippen LogP contribution in [-0.4, -0.2) is 60.4 Å². The SMILES string of the molecule is CCNC(C)(CCCCN1CCCC(OCC)C1)C(=O)O. The summed E-state index contributed by atoms with van der Waals surface area (Å²) in [6.45, 7) is 10.5. The van der Waals surface area contributed by atoms with Crippen molar-refractivity contribution in [3.8, 4) is 0 Å². The Hall–Kier alpha value is -0.650. The first-order valence-electron chi connectivity index (χ1n) is 8.34. The summed E-state index contributed by atoms with van der Waals surface area (Å²) in [7, 11) is 0. The van der Waals surface area contributed by atoms with Crippen molar-refractivity contribution in [2.75, 3.05) is 32.8 Å². The van der Waals surface area contributed by atoms with E-state index in [4.69, 9.17) is 4.74 Å². The number of carboxylic acid groups (broad SMARTS) is 1. The number of unbranched alkanes of at least 4 members (excludes halogenated alkanes) is 1. The number of rotatable bonds is 10. The number of likely N-dealkylation sites (tertiary alicyclic amines) is 1. The van der Waals surface area contributed by atoms with Gasteiger partial charge in [-0.25, -0.2) is 0 Å². The van der Waals surface area contributed by atoms with E-state index >= 15 is 0 Å². The van der Waals surface area contributed by atoms with Gasteiger partial charge in [-0.1, -0.05) is 6.92 Å². The number of aliphatic carboxylic acids is 1. The van der Waals surface area contributed by atoms with Crippen LogP contribution in [0.15, 0.2) is 0 Å². The summed E-state index contributed by atoms with van der Waals surface area (Å²) in [5.74, 6) is -0.751. The zero-order valence-corrected chi connectivity index (χ0v) is 13.9. The van der Waals surface area contributed by atoms with Crippen LogP contribution >= 0.6 is 0 Å². The van der Waals surface area contributed by atoms with Gasteiger partial charge in [0.15, 0.2) is 0 Å². The molecule has 2 unspecified atom stereocenters. The molecule has 2 N–H and O–H groups in total. The summed E-state index contributed by atoms with van der Waals surface area (Å²) in [6.07, 6.45) is 5.42. The van der Waals surface area contributed by atoms with Gasteiger partial charge < -0.3 is 20.1 Å². The van der Waals surface area contributed by atoms with E-state index in [0.717, 1.165) is 39.1 Å². The van der Waals surface area contributed by atoms with Gasteiger partial charge in [0.05, 0.1) is 6.10 Å². The van der Waals surface area contributed by atoms with Gasteiger partial charge >= 0.3 is 5.97 Å². The van der Waals surface area contributed by atoms with E-state index < -0.39 is 11.5 Å². The van der Waals surface area contributed by atoms with Gasteiger partial charge in [0.2, 0.25) is 0 Å². The largest absolute Gasteiger partial charge is 0.480 e. The molecular weight excluding hydrogens is 268 g/mol. The van der Waals surface area contributed by atoms with Crippen molar-refractivity contribution in [3.63, 3.8) is 0 Å². The third kappa shape index (κ3) is 6.32. The monoisotopic (exact) mass is 300 g/mol. The predicted molar refractivity (Wildman–Crippen MR) is 84.7 cm³/mol. The molecular formula is C16H32N2O3. The van der Waals surface area contributed by atoms with Crippen molar-refractivity contribution in [1.29, 1.82) is 0 Å². The van der Waals surface area contributed by atoms with Crippen molar-refractivity contribution in [2.45, 2.75) is 64.5 Å². The molecule has 124 valence electrons. The molecule has 1 saturated heterocycles. The fourth-order valence-corrected chi connectivity index (χ4v) is 3.06. The van der Waals surface area contributed by atoms with Crippen LogP contribution in [-0.2, 0) is 9.53 Å². The molecule has 0 radical (unpaired) electrons. The van der Waals surface area contributed by atoms with Crippen LogP contribution < -0.4 is 5.32 Å². The summed E-state index contributed by atoms with van der Waals surface area (Å²) in [5, 5.41) is 12.4. The molecule has 1 heterocycles. The topological polar surface area (TPSA) is 61.8 Å². The molecule has 0 amide bonds. The highest BCUT2D eigenvalue weighted by atomic mass is 16.5. The Morgan fingerprint density at radius 1 is 1.43 bits per heavy atom. The van der Waals surface area contributed by atoms with Crippen LogP contribution in [0, 0.1) is 0 Å². The summed E-state index contributed by atoms with van der Waals surface area (Å²) in [4.78, 5) is 13.8. The molecule has 0 aromatic carbocycles. The number of carboxylic acids is 1. The van der Waals surface area contributed by atoms with Crippen molar-refractivity contribution in [1.82, 2.24) is 10.2 Å². The van der Waals surface area contributed by atoms with Crippen LogP contribution in [0.5, 0.6) is 0 Å². The van der Waals surface area contributed by atoms with Crippen LogP contribution in [0.4, 0.5) is 0 Å². The number of nitrogens with zero attached hydrogens (tertiary/aromatic N) is 1. The molecule has 5 nitrogen and oxygen atoms in total. The number of nitrogens with one attached hydrogen (secondary N) is 1. The molecule has 0 aliphatic carbocycles. The second-order valence-corrected chi connectivity index (χ2v) is 6.14. The van der Waals surface area contributed by atoms with Crippen LogP contribution in [0.1, 0.15) is 52.9 Å². The minimum atomic E-state index is -0.787. The number of likely N-dealkylation sites (N-methyl/N-ethyl adjacent to an activating group) is 1. The van der Waals surface area contributed by atoms with Crippen molar-refractivity contribution in [3.05, 3.63) is 0 Å². The fraction of sp³-hybridized carbons (Fsp3) is 0.938. The first-order valence-corrected chi connectivity index (χ1v) is 8.34. The summed E-state index contributed by atoms with van der Waals surface area (Å²) in [6, 6.07) is 0. The number of hydrogen-bond acceptors (Lipinski definition) is 4. The van der Waals surface area contributed by atoms with Gasteiger partial charge in [-0.3, -0.25) is 4.79 Å². The summed E-state index contributed by atoms with van der Waals surface area (Å²) < 4.78 is 5.71. The summed E-state index contributed by atoms with van der Waals surface area (Å²) in [5.41, 5.74) is -0.787. The van der Waals surface area contributed by atoms with Crippen LogP contribution in [0.3, 0.4) is 0 Å². The highest BCUT2D eigenvalue weighted by Crippen LogP contribution is 2.17. The molecule has 0 saturated carbocycles. The predicted octanol–water partition coefficient (Wildman–Crippen LogP) is 2.11. The van der Waals surface area contributed by atoms with E-state index in [1.807, 2.05) is 13.8 Å². The highest BCUT2D eigenvalue weighted by molar-refractivity contribution is 5.78. The zero-order valence-electron chi connectivity index (χ0n) is 13.9. The lowest BCUT2D eigenvalue weighted by Crippen LogP contribution is -2.49. The molecule has 0 spiro atoms. The minimum Gasteiger partial charge on any atom is -0.480 e. The molecule has 1 rings (SSSR count). The first-order chi connectivity index (χ1) is 10.0. The van der Waals surface area contributed by atoms with Gasteiger partial charge in [0.1, 0.15) is 5.54 Å². The molecule has 1 aliphatic rings. The van der Waals surface area contributed by atoms with Gasteiger partial charge in [-0.15, -0.1) is 0 Å². The molecule has 2 atom stereocenters. The Labute approximate surface area is 129 Å². The van der Waals surface area contributed by atoms with Gasteiger partial charge in [0, 0.05) is 13.2 Å². The lowest BCUT2D eigenvalue weighted by molar-refractivity contribution is -0.144. The third-order valence-corrected chi connectivity index (χ3v) is 4.30. The first kappa shape index (κ1) is 18.4. The summed E-state index contributed by atoms with van der Waals surface area (Å²) >= 11 is 0. The lowest BCUT2D eigenvalue weighted by Gasteiger charge is -2.32. The highest BCUT2D eigenvalue weighted by Gasteiger charge is 2.31. The van der Waals surface area contributed by atoms with E-state index in [9.17, 15) is 9.90 Å². The second-order valence-electron chi connectivity index (χ2n) is 6.14. The smallest absolute Gasteiger partial charge is 0.323 e. The van der Waals surface area contributed by atoms with E-state index in [1.165, 1.54) is 12.8 Å². The Balaban J connectivity index is 2.25. The molecule has 0 aromatic heterocycles. The number of ether oxygens (including phenoxy) is 1. The molecule has 1 aliphatic heterocycles. The quantitative estimate of drug-likeness (QED) is 0.605. The molecule has 1 fully saturated rings. The van der Waals surface area contributed by atoms with Crippen molar-refractivity contribution >= 4 is 5.97 Å². The Morgan fingerprint density at radius 2 is 2.19 bits per heavy atom. The number of hydrogen-bond donors (Lipinski definition) is 2. The Bertz CT molecular complexity index is 310. The number of piperidine rings is 1. The average molecular weight is 300 g/mol. The normalized spacial score (nSPS) is 22.9. The van der Waals surface area contributed by atoms with Gasteiger partial charge in [-0.2, -0.15) is 0 Å². The second kappa shape index (κ2) is 9.38. The zero-order chi connectivity index (χ0) is 15.7. The van der Waals surface area contributed by atoms with Gasteiger partial charge in [0.25, 0.3) is 0 Å². The van der Waals surface area contributed by atoms with Crippen LogP contribution in [0.25, 0.3) is 0 Å². The molecule has 5 heteroatoms. The molecule has 0 aromatic rings. The molecule has 0 bridgehead atoms. The van der Waals surface area contributed by atoms with E-state index in [-0.39, 0.29) is 0 Å². The maximum Gasteiger partial charge on any atom is 0.323 e. The van der Waals surface area contributed by atoms with E-state index in [0.29, 0.717) is 19.1 Å². The standard InChI is InChI=1S/C16H32N2O3/c1-4-17-16(3,15(19)20)10-6-7-11-18-12-8-9-14(13-18)21-5-2/h14,17H,4-13H2,1-3H3,(H,19,20). The molecule has 21 heavy (non-hydrogen) atoms. The van der Waals surface area contributed by atoms with E-state index in [1.54, 1.807) is 6.92 Å². The Morgan fingerprint density at radius 3 is 2.81 bits per heavy atom. The van der Waals surface area contributed by atoms with Crippen molar-refractivity contribution < 1.29 is 14.6 Å². The maximum absolute atomic E-state index is 11.3. The van der Waals surface area contributed by atoms with Crippen LogP contribution in [0.2, 0.25) is 0 Å². The van der Waals surface area contributed by atoms with Gasteiger partial charge in [-0.05, 0) is 65.6 Å². The average Bonchev–Trinajstić information content (AvgIpc) is 2.45. The number of carbonyl (C=O) groups is 1. The van der Waals surface area contributed by atoms with Crippen molar-refractivity contribution in [2.24, 2.45) is 0 Å².